The second-order valence-electron chi connectivity index (χ2n) is 5.37. The first-order valence-electron chi connectivity index (χ1n) is 7.57. The van der Waals surface area contributed by atoms with Gasteiger partial charge in [0.05, 0.1) is 6.61 Å². The van der Waals surface area contributed by atoms with Crippen LogP contribution in [0.4, 0.5) is 0 Å². The second-order valence-corrected chi connectivity index (χ2v) is 5.37. The van der Waals surface area contributed by atoms with Gasteiger partial charge in [-0.2, -0.15) is 0 Å². The summed E-state index contributed by atoms with van der Waals surface area (Å²) in [7, 11) is 0. The van der Waals surface area contributed by atoms with Crippen LogP contribution in [0.15, 0.2) is 12.3 Å². The molecule has 2 N–H and O–H groups in total. The first-order chi connectivity index (χ1) is 8.55. The fraction of sp³-hybridized carbons (Fsp3) is 0.875. The van der Waals surface area contributed by atoms with Crippen molar-refractivity contribution in [3.05, 3.63) is 12.3 Å². The van der Waals surface area contributed by atoms with E-state index in [1.807, 2.05) is 27.7 Å². The summed E-state index contributed by atoms with van der Waals surface area (Å²) in [6.07, 6.45) is 2.45. The minimum atomic E-state index is 0.357. The Kier molecular flexibility index (Phi) is 7.61. The Hall–Kier alpha value is -0.500. The summed E-state index contributed by atoms with van der Waals surface area (Å²) in [5.41, 5.74) is 7.00. The molecule has 1 spiro atoms. The van der Waals surface area contributed by atoms with E-state index in [0.717, 1.165) is 24.8 Å². The fourth-order valence-corrected chi connectivity index (χ4v) is 2.77. The number of nitrogens with two attached hydrogens (primary N) is 1. The van der Waals surface area contributed by atoms with Crippen LogP contribution in [0, 0.1) is 23.2 Å². The summed E-state index contributed by atoms with van der Waals surface area (Å²) in [4.78, 5) is 0. The molecule has 18 heavy (non-hydrogen) atoms. The van der Waals surface area contributed by atoms with Crippen LogP contribution in [0.2, 0.25) is 0 Å². The van der Waals surface area contributed by atoms with Crippen LogP contribution in [0.3, 0.4) is 0 Å². The zero-order valence-corrected chi connectivity index (χ0v) is 13.3. The normalized spacial score (nSPS) is 37.6. The molecule has 0 radical (unpaired) electrons. The van der Waals surface area contributed by atoms with Gasteiger partial charge in [0.25, 0.3) is 0 Å². The maximum atomic E-state index is 5.78. The number of rotatable bonds is 1. The van der Waals surface area contributed by atoms with Crippen LogP contribution in [-0.2, 0) is 4.74 Å². The van der Waals surface area contributed by atoms with Gasteiger partial charge in [0.2, 0.25) is 0 Å². The Bertz CT molecular complexity index is 251. The Labute approximate surface area is 114 Å². The molecule has 0 amide bonds. The van der Waals surface area contributed by atoms with Gasteiger partial charge < -0.3 is 10.5 Å². The van der Waals surface area contributed by atoms with Crippen molar-refractivity contribution in [1.82, 2.24) is 0 Å². The van der Waals surface area contributed by atoms with Crippen LogP contribution in [0.25, 0.3) is 0 Å². The van der Waals surface area contributed by atoms with E-state index in [-0.39, 0.29) is 0 Å². The van der Waals surface area contributed by atoms with Crippen molar-refractivity contribution in [2.75, 3.05) is 13.2 Å². The van der Waals surface area contributed by atoms with Crippen molar-refractivity contribution in [1.29, 1.82) is 0 Å². The summed E-state index contributed by atoms with van der Waals surface area (Å²) in [5.74, 6) is 1.96. The Morgan fingerprint density at radius 2 is 1.67 bits per heavy atom. The third-order valence-electron chi connectivity index (χ3n) is 4.11. The van der Waals surface area contributed by atoms with Gasteiger partial charge in [-0.1, -0.05) is 48.1 Å². The van der Waals surface area contributed by atoms with E-state index in [1.165, 1.54) is 12.8 Å². The molecule has 108 valence electrons. The predicted molar refractivity (Wildman–Crippen MR) is 80.3 cm³/mol. The maximum absolute atomic E-state index is 5.78. The molecule has 2 nitrogen and oxygen atoms in total. The van der Waals surface area contributed by atoms with Crippen LogP contribution < -0.4 is 5.73 Å². The highest BCUT2D eigenvalue weighted by Gasteiger charge is 2.56. The molecule has 0 bridgehead atoms. The summed E-state index contributed by atoms with van der Waals surface area (Å²) in [6.45, 7) is 18.3. The van der Waals surface area contributed by atoms with Crippen LogP contribution in [-0.4, -0.2) is 13.2 Å². The molecule has 0 aromatic heterocycles. The van der Waals surface area contributed by atoms with Gasteiger partial charge in [0.15, 0.2) is 0 Å². The molecule has 1 aliphatic heterocycles. The van der Waals surface area contributed by atoms with E-state index < -0.39 is 0 Å². The van der Waals surface area contributed by atoms with Crippen molar-refractivity contribution in [2.45, 2.75) is 54.4 Å². The van der Waals surface area contributed by atoms with Gasteiger partial charge in [-0.25, -0.2) is 0 Å². The molecule has 2 aliphatic rings. The molecule has 4 atom stereocenters. The van der Waals surface area contributed by atoms with Gasteiger partial charge in [-0.3, -0.25) is 0 Å². The highest BCUT2D eigenvalue weighted by Crippen LogP contribution is 2.60. The van der Waals surface area contributed by atoms with Gasteiger partial charge in [0, 0.05) is 23.6 Å². The third kappa shape index (κ3) is 4.01. The smallest absolute Gasteiger partial charge is 0.0529 e. The third-order valence-corrected chi connectivity index (χ3v) is 4.11. The second kappa shape index (κ2) is 7.83. The van der Waals surface area contributed by atoms with E-state index in [1.54, 1.807) is 0 Å². The van der Waals surface area contributed by atoms with E-state index in [9.17, 15) is 0 Å². The van der Waals surface area contributed by atoms with Crippen molar-refractivity contribution in [3.8, 4) is 0 Å². The molecule has 2 heteroatoms. The molecule has 2 fully saturated rings. The van der Waals surface area contributed by atoms with E-state index >= 15 is 0 Å². The lowest BCUT2D eigenvalue weighted by Crippen LogP contribution is -2.16. The first-order valence-corrected chi connectivity index (χ1v) is 7.57. The number of hydrogen-bond donors (Lipinski definition) is 1. The van der Waals surface area contributed by atoms with Gasteiger partial charge in [-0.05, 0) is 24.7 Å². The average molecular weight is 255 g/mol. The van der Waals surface area contributed by atoms with E-state index in [4.69, 9.17) is 10.5 Å². The highest BCUT2D eigenvalue weighted by atomic mass is 16.5. The Morgan fingerprint density at radius 1 is 1.11 bits per heavy atom. The first kappa shape index (κ1) is 17.5. The highest BCUT2D eigenvalue weighted by molar-refractivity contribution is 5.17. The average Bonchev–Trinajstić information content (AvgIpc) is 3.10. The molecule has 0 aromatic rings. The molecule has 4 unspecified atom stereocenters. The minimum absolute atomic E-state index is 0.357. The maximum Gasteiger partial charge on any atom is 0.0529 e. The van der Waals surface area contributed by atoms with Crippen LogP contribution in [0.5, 0.6) is 0 Å². The minimum Gasteiger partial charge on any atom is -0.402 e. The monoisotopic (exact) mass is 255 g/mol. The number of ether oxygens (including phenoxy) is 1. The molecular weight excluding hydrogens is 222 g/mol. The SMILES string of the molecule is C=C(N)C1CC12COCC(C)C(C)C2.CC.CC. The quantitative estimate of drug-likeness (QED) is 0.761. The predicted octanol–water partition coefficient (Wildman–Crippen LogP) is 4.21. The molecule has 1 saturated carbocycles. The number of allylic oxidation sites excluding steroid dienone is 1. The standard InChI is InChI=1S/C12H21NO.2C2H6/c1-8-4-12(5-11(12)10(3)13)7-14-6-9(8)2;2*1-2/h8-9,11H,3-7,13H2,1-2H3;2*1-2H3. The Balaban J connectivity index is 0.000000659. The summed E-state index contributed by atoms with van der Waals surface area (Å²) < 4.78 is 5.74. The molecular formula is C16H33NO. The van der Waals surface area contributed by atoms with Gasteiger partial charge in [0.1, 0.15) is 0 Å². The summed E-state index contributed by atoms with van der Waals surface area (Å²) in [6, 6.07) is 0. The number of hydrogen-bond acceptors (Lipinski definition) is 2. The van der Waals surface area contributed by atoms with E-state index in [0.29, 0.717) is 17.3 Å². The lowest BCUT2D eigenvalue weighted by molar-refractivity contribution is 0.0864. The van der Waals surface area contributed by atoms with Gasteiger partial charge in [-0.15, -0.1) is 0 Å². The van der Waals surface area contributed by atoms with Gasteiger partial charge >= 0.3 is 0 Å². The molecule has 1 saturated heterocycles. The molecule has 2 rings (SSSR count). The largest absolute Gasteiger partial charge is 0.402 e. The van der Waals surface area contributed by atoms with E-state index in [2.05, 4.69) is 20.4 Å². The zero-order chi connectivity index (χ0) is 14.3. The molecule has 1 aliphatic carbocycles. The molecule has 1 heterocycles. The molecule has 0 aromatic carbocycles. The van der Waals surface area contributed by atoms with Crippen molar-refractivity contribution >= 4 is 0 Å². The van der Waals surface area contributed by atoms with Crippen molar-refractivity contribution in [3.63, 3.8) is 0 Å². The summed E-state index contributed by atoms with van der Waals surface area (Å²) >= 11 is 0. The summed E-state index contributed by atoms with van der Waals surface area (Å²) in [5, 5.41) is 0. The van der Waals surface area contributed by atoms with Crippen molar-refractivity contribution < 1.29 is 4.74 Å². The Morgan fingerprint density at radius 3 is 2.11 bits per heavy atom. The topological polar surface area (TPSA) is 35.2 Å². The lowest BCUT2D eigenvalue weighted by Gasteiger charge is -2.19. The van der Waals surface area contributed by atoms with Crippen LogP contribution in [0.1, 0.15) is 54.4 Å². The zero-order valence-electron chi connectivity index (χ0n) is 13.3. The fourth-order valence-electron chi connectivity index (χ4n) is 2.77. The van der Waals surface area contributed by atoms with Crippen molar-refractivity contribution in [2.24, 2.45) is 28.9 Å². The lowest BCUT2D eigenvalue weighted by atomic mass is 9.85. The van der Waals surface area contributed by atoms with Crippen LogP contribution >= 0.6 is 0 Å².